The first kappa shape index (κ1) is 18.5. The summed E-state index contributed by atoms with van der Waals surface area (Å²) in [6, 6.07) is 3.83. The Hall–Kier alpha value is -1.79. The van der Waals surface area contributed by atoms with Crippen molar-refractivity contribution in [3.63, 3.8) is 0 Å². The second kappa shape index (κ2) is 7.40. The van der Waals surface area contributed by atoms with Crippen LogP contribution in [0.1, 0.15) is 33.9 Å². The van der Waals surface area contributed by atoms with E-state index in [0.717, 1.165) is 54.6 Å². The summed E-state index contributed by atoms with van der Waals surface area (Å²) in [5, 5.41) is 7.27. The molecule has 1 unspecified atom stereocenters. The average molecular weight is 353 g/mol. The monoisotopic (exact) mass is 352 g/mol. The fraction of sp³-hybridized carbons (Fsp3) is 0.529. The second-order valence-electron chi connectivity index (χ2n) is 6.38. The predicted molar refractivity (Wildman–Crippen MR) is 95.2 cm³/mol. The van der Waals surface area contributed by atoms with E-state index in [2.05, 4.69) is 10.5 Å². The summed E-state index contributed by atoms with van der Waals surface area (Å²) in [7, 11) is 1.96. The number of halogens is 1. The molecule has 1 amide bonds. The lowest BCUT2D eigenvalue weighted by atomic mass is 10.1. The zero-order valence-electron chi connectivity index (χ0n) is 14.6. The minimum absolute atomic E-state index is 0. The number of hydrogen-bond donors (Lipinski definition) is 1. The number of carbonyl (C=O) groups excluding carboxylic acids is 1. The van der Waals surface area contributed by atoms with Crippen molar-refractivity contribution in [2.24, 2.45) is 5.92 Å². The number of likely N-dealkylation sites (tertiary alicyclic amines) is 1. The predicted octanol–water partition coefficient (Wildman–Crippen LogP) is 2.49. The van der Waals surface area contributed by atoms with Crippen LogP contribution in [0.2, 0.25) is 0 Å². The van der Waals surface area contributed by atoms with E-state index in [0.29, 0.717) is 5.92 Å². The van der Waals surface area contributed by atoms with Crippen LogP contribution in [0.25, 0.3) is 5.82 Å². The number of rotatable bonds is 4. The van der Waals surface area contributed by atoms with Crippen LogP contribution in [0.3, 0.4) is 0 Å². The lowest BCUT2D eigenvalue weighted by Gasteiger charge is -2.16. The molecule has 0 bridgehead atoms. The number of nitrogens with one attached hydrogen (secondary N) is 1. The first-order valence-electron chi connectivity index (χ1n) is 8.07. The highest BCUT2D eigenvalue weighted by atomic mass is 35.5. The third-order valence-corrected chi connectivity index (χ3v) is 4.57. The Bertz CT molecular complexity index is 722. The zero-order chi connectivity index (χ0) is 16.6. The highest BCUT2D eigenvalue weighted by molar-refractivity contribution is 5.96. The van der Waals surface area contributed by atoms with Gasteiger partial charge in [0.25, 0.3) is 5.91 Å². The maximum Gasteiger partial charge on any atom is 0.255 e. The van der Waals surface area contributed by atoms with Crippen LogP contribution < -0.4 is 5.32 Å². The van der Waals surface area contributed by atoms with Gasteiger partial charge in [0.2, 0.25) is 0 Å². The van der Waals surface area contributed by atoms with E-state index in [1.807, 2.05) is 49.4 Å². The number of hydrogen-bond acceptors (Lipinski definition) is 4. The van der Waals surface area contributed by atoms with Gasteiger partial charge in [-0.15, -0.1) is 12.4 Å². The van der Waals surface area contributed by atoms with Crippen molar-refractivity contribution in [3.05, 3.63) is 34.8 Å². The largest absolute Gasteiger partial charge is 0.360 e. The number of carbonyl (C=O) groups is 1. The molecular formula is C17H25ClN4O2. The molecule has 3 heterocycles. The standard InChI is InChI=1S/C17H24N4O2.ClH/c1-11-7-15(13(3)21(11)16-8-12(2)23-19-16)17(22)20-6-5-14(10-20)9-18-4;/h7-8,14,18H,5-6,9-10H2,1-4H3;1H. The molecule has 3 rings (SSSR count). The van der Waals surface area contributed by atoms with Gasteiger partial charge in [-0.1, -0.05) is 5.16 Å². The molecule has 0 spiro atoms. The van der Waals surface area contributed by atoms with Gasteiger partial charge in [0.15, 0.2) is 5.82 Å². The van der Waals surface area contributed by atoms with Gasteiger partial charge in [0, 0.05) is 30.5 Å². The Morgan fingerprint density at radius 1 is 1.38 bits per heavy atom. The molecule has 0 saturated carbocycles. The van der Waals surface area contributed by atoms with Gasteiger partial charge in [-0.25, -0.2) is 0 Å². The van der Waals surface area contributed by atoms with Crippen molar-refractivity contribution >= 4 is 18.3 Å². The summed E-state index contributed by atoms with van der Waals surface area (Å²) < 4.78 is 7.14. The maximum absolute atomic E-state index is 12.9. The van der Waals surface area contributed by atoms with Gasteiger partial charge in [-0.2, -0.15) is 0 Å². The van der Waals surface area contributed by atoms with Gasteiger partial charge in [0.05, 0.1) is 5.56 Å². The molecule has 1 aliphatic heterocycles. The smallest absolute Gasteiger partial charge is 0.255 e. The highest BCUT2D eigenvalue weighted by Crippen LogP contribution is 2.24. The normalized spacial score (nSPS) is 17.2. The van der Waals surface area contributed by atoms with Gasteiger partial charge < -0.3 is 14.7 Å². The van der Waals surface area contributed by atoms with Crippen LogP contribution in [-0.2, 0) is 0 Å². The molecule has 1 aliphatic rings. The van der Waals surface area contributed by atoms with Crippen molar-refractivity contribution in [1.29, 1.82) is 0 Å². The first-order chi connectivity index (χ1) is 11.0. The fourth-order valence-electron chi connectivity index (χ4n) is 3.43. The molecule has 7 heteroatoms. The Kier molecular flexibility index (Phi) is 5.72. The minimum Gasteiger partial charge on any atom is -0.360 e. The Morgan fingerprint density at radius 2 is 2.12 bits per heavy atom. The van der Waals surface area contributed by atoms with Gasteiger partial charge in [-0.05, 0) is 52.8 Å². The highest BCUT2D eigenvalue weighted by Gasteiger charge is 2.29. The third-order valence-electron chi connectivity index (χ3n) is 4.57. The topological polar surface area (TPSA) is 63.3 Å². The molecule has 1 saturated heterocycles. The van der Waals surface area contributed by atoms with Crippen LogP contribution in [-0.4, -0.2) is 47.2 Å². The molecule has 1 N–H and O–H groups in total. The van der Waals surface area contributed by atoms with Crippen molar-refractivity contribution in [3.8, 4) is 5.82 Å². The van der Waals surface area contributed by atoms with Crippen LogP contribution in [0.4, 0.5) is 0 Å². The van der Waals surface area contributed by atoms with E-state index in [1.54, 1.807) is 0 Å². The summed E-state index contributed by atoms with van der Waals surface area (Å²) in [6.45, 7) is 8.43. The summed E-state index contributed by atoms with van der Waals surface area (Å²) >= 11 is 0. The van der Waals surface area contributed by atoms with E-state index < -0.39 is 0 Å². The third kappa shape index (κ3) is 3.35. The molecule has 6 nitrogen and oxygen atoms in total. The van der Waals surface area contributed by atoms with Crippen molar-refractivity contribution in [2.75, 3.05) is 26.7 Å². The summed E-state index contributed by atoms with van der Waals surface area (Å²) in [5.41, 5.74) is 2.66. The molecule has 0 radical (unpaired) electrons. The van der Waals surface area contributed by atoms with E-state index in [9.17, 15) is 4.79 Å². The van der Waals surface area contributed by atoms with Crippen LogP contribution in [0.5, 0.6) is 0 Å². The van der Waals surface area contributed by atoms with E-state index >= 15 is 0 Å². The molecule has 0 aromatic carbocycles. The van der Waals surface area contributed by atoms with Gasteiger partial charge in [0.1, 0.15) is 5.76 Å². The number of nitrogens with zero attached hydrogens (tertiary/aromatic N) is 3. The number of aromatic nitrogens is 2. The molecular weight excluding hydrogens is 328 g/mol. The molecule has 132 valence electrons. The Labute approximate surface area is 148 Å². The molecule has 24 heavy (non-hydrogen) atoms. The number of aryl methyl sites for hydroxylation is 2. The quantitative estimate of drug-likeness (QED) is 0.918. The minimum atomic E-state index is 0. The lowest BCUT2D eigenvalue weighted by Crippen LogP contribution is -2.30. The average Bonchev–Trinajstić information content (AvgIpc) is 3.19. The van der Waals surface area contributed by atoms with Crippen molar-refractivity contribution in [2.45, 2.75) is 27.2 Å². The fourth-order valence-corrected chi connectivity index (χ4v) is 3.43. The van der Waals surface area contributed by atoms with E-state index in [-0.39, 0.29) is 18.3 Å². The molecule has 0 aliphatic carbocycles. The molecule has 2 aromatic rings. The van der Waals surface area contributed by atoms with E-state index in [1.165, 1.54) is 0 Å². The SMILES string of the molecule is CNCC1CCN(C(=O)c2cc(C)n(-c3cc(C)on3)c2C)C1.Cl. The van der Waals surface area contributed by atoms with E-state index in [4.69, 9.17) is 4.52 Å². The van der Waals surface area contributed by atoms with Crippen molar-refractivity contribution in [1.82, 2.24) is 19.9 Å². The summed E-state index contributed by atoms with van der Waals surface area (Å²) in [6.07, 6.45) is 1.06. The molecule has 1 atom stereocenters. The maximum atomic E-state index is 12.9. The van der Waals surface area contributed by atoms with Crippen LogP contribution >= 0.6 is 12.4 Å². The lowest BCUT2D eigenvalue weighted by molar-refractivity contribution is 0.0786. The Balaban J connectivity index is 0.00000208. The van der Waals surface area contributed by atoms with Gasteiger partial charge in [-0.3, -0.25) is 9.36 Å². The van der Waals surface area contributed by atoms with Crippen LogP contribution in [0, 0.1) is 26.7 Å². The van der Waals surface area contributed by atoms with Crippen molar-refractivity contribution < 1.29 is 9.32 Å². The first-order valence-corrected chi connectivity index (χ1v) is 8.07. The van der Waals surface area contributed by atoms with Crippen LogP contribution in [0.15, 0.2) is 16.7 Å². The Morgan fingerprint density at radius 3 is 2.75 bits per heavy atom. The summed E-state index contributed by atoms with van der Waals surface area (Å²) in [4.78, 5) is 14.8. The second-order valence-corrected chi connectivity index (χ2v) is 6.38. The zero-order valence-corrected chi connectivity index (χ0v) is 15.4. The number of amides is 1. The van der Waals surface area contributed by atoms with Gasteiger partial charge >= 0.3 is 0 Å². The molecule has 2 aromatic heterocycles. The summed E-state index contributed by atoms with van der Waals surface area (Å²) in [5.74, 6) is 2.15. The molecule has 1 fully saturated rings.